The monoisotopic (exact) mass is 448 g/mol. The van der Waals surface area contributed by atoms with Gasteiger partial charge < -0.3 is 9.94 Å². The summed E-state index contributed by atoms with van der Waals surface area (Å²) in [5, 5.41) is 21.0. The number of sulfone groups is 1. The maximum atomic E-state index is 12.6. The van der Waals surface area contributed by atoms with Crippen LogP contribution >= 0.6 is 0 Å². The molecule has 0 radical (unpaired) electrons. The minimum atomic E-state index is -3.44. The fraction of sp³-hybridized carbons (Fsp3) is 0.130. The highest BCUT2D eigenvalue weighted by atomic mass is 32.2. The Morgan fingerprint density at radius 2 is 1.94 bits per heavy atom. The van der Waals surface area contributed by atoms with E-state index in [1.807, 2.05) is 18.2 Å². The number of hydrogen-bond donors (Lipinski definition) is 2. The number of aromatic amines is 2. The van der Waals surface area contributed by atoms with Crippen LogP contribution in [0.3, 0.4) is 0 Å². The summed E-state index contributed by atoms with van der Waals surface area (Å²) >= 11 is 0. The SMILES string of the molecule is CCS(=O)(=O)c1ccc(Oc2ccc3[nH]ncc3c2)c(-c2cc(C)[n+]([O-])c3[nH]ccc23)c1. The molecule has 0 aliphatic rings. The lowest BCUT2D eigenvalue weighted by Crippen LogP contribution is -2.31. The maximum absolute atomic E-state index is 12.6. The molecule has 8 nitrogen and oxygen atoms in total. The van der Waals surface area contributed by atoms with Gasteiger partial charge in [-0.05, 0) is 55.5 Å². The van der Waals surface area contributed by atoms with E-state index in [9.17, 15) is 13.6 Å². The number of ether oxygens (including phenoxy) is 1. The summed E-state index contributed by atoms with van der Waals surface area (Å²) in [6.45, 7) is 3.31. The van der Waals surface area contributed by atoms with Crippen LogP contribution < -0.4 is 9.47 Å². The highest BCUT2D eigenvalue weighted by Gasteiger charge is 2.21. The Hall–Kier alpha value is -3.85. The van der Waals surface area contributed by atoms with Crippen molar-refractivity contribution in [3.8, 4) is 22.6 Å². The standard InChI is InChI=1S/C23H20N4O4S/c1-3-32(29,30)17-5-7-22(31-16-4-6-21-15(11-16)13-25-26-21)20(12-17)19-10-14(2)27(28)23-18(19)8-9-24-23/h4-13,24H,3H2,1-2H3,(H,25,26). The van der Waals surface area contributed by atoms with Crippen molar-refractivity contribution in [2.24, 2.45) is 0 Å². The Bertz CT molecular complexity index is 1580. The number of pyridine rings is 1. The second kappa shape index (κ2) is 7.38. The first-order valence-electron chi connectivity index (χ1n) is 10.1. The van der Waals surface area contributed by atoms with Crippen molar-refractivity contribution in [2.75, 3.05) is 5.75 Å². The lowest BCUT2D eigenvalue weighted by molar-refractivity contribution is -0.586. The second-order valence-corrected chi connectivity index (χ2v) is 9.79. The molecule has 0 saturated heterocycles. The molecule has 0 bridgehead atoms. The molecular weight excluding hydrogens is 428 g/mol. The van der Waals surface area contributed by atoms with Crippen molar-refractivity contribution in [3.05, 3.63) is 71.8 Å². The third-order valence-electron chi connectivity index (χ3n) is 5.51. The highest BCUT2D eigenvalue weighted by molar-refractivity contribution is 7.91. The van der Waals surface area contributed by atoms with Crippen molar-refractivity contribution < 1.29 is 17.9 Å². The highest BCUT2D eigenvalue weighted by Crippen LogP contribution is 2.39. The van der Waals surface area contributed by atoms with Crippen molar-refractivity contribution in [1.29, 1.82) is 0 Å². The van der Waals surface area contributed by atoms with E-state index in [1.165, 1.54) is 0 Å². The summed E-state index contributed by atoms with van der Waals surface area (Å²) < 4.78 is 32.2. The van der Waals surface area contributed by atoms with Gasteiger partial charge in [0, 0.05) is 16.5 Å². The zero-order valence-corrected chi connectivity index (χ0v) is 18.2. The molecule has 162 valence electrons. The largest absolute Gasteiger partial charge is 0.710 e. The van der Waals surface area contributed by atoms with Crippen LogP contribution in [0.4, 0.5) is 0 Å². The van der Waals surface area contributed by atoms with E-state index >= 15 is 0 Å². The van der Waals surface area contributed by atoms with Crippen molar-refractivity contribution in [3.63, 3.8) is 0 Å². The number of rotatable bonds is 5. The molecule has 3 heterocycles. The van der Waals surface area contributed by atoms with E-state index < -0.39 is 9.84 Å². The van der Waals surface area contributed by atoms with Crippen molar-refractivity contribution >= 4 is 31.8 Å². The molecule has 0 atom stereocenters. The maximum Gasteiger partial charge on any atom is 0.290 e. The molecule has 0 aliphatic heterocycles. The van der Waals surface area contributed by atoms with Gasteiger partial charge >= 0.3 is 0 Å². The van der Waals surface area contributed by atoms with Gasteiger partial charge in [-0.3, -0.25) is 5.10 Å². The number of hydrogen-bond acceptors (Lipinski definition) is 5. The molecule has 0 aliphatic carbocycles. The molecule has 0 fully saturated rings. The first-order valence-corrected chi connectivity index (χ1v) is 11.7. The number of benzene rings is 2. The Balaban J connectivity index is 1.73. The molecule has 3 aromatic heterocycles. The molecule has 5 rings (SSSR count). The van der Waals surface area contributed by atoms with Crippen LogP contribution in [-0.2, 0) is 9.84 Å². The lowest BCUT2D eigenvalue weighted by atomic mass is 10.0. The molecule has 0 amide bonds. The second-order valence-electron chi connectivity index (χ2n) is 7.52. The van der Waals surface area contributed by atoms with Crippen LogP contribution in [0.25, 0.3) is 33.1 Å². The molecule has 9 heteroatoms. The fourth-order valence-electron chi connectivity index (χ4n) is 3.77. The van der Waals surface area contributed by atoms with Crippen LogP contribution in [0.15, 0.2) is 65.8 Å². The molecule has 32 heavy (non-hydrogen) atoms. The Morgan fingerprint density at radius 3 is 2.75 bits per heavy atom. The van der Waals surface area contributed by atoms with Crippen molar-refractivity contribution in [2.45, 2.75) is 18.7 Å². The number of nitrogens with one attached hydrogen (secondary N) is 2. The molecule has 0 saturated carbocycles. The molecule has 0 unspecified atom stereocenters. The molecular formula is C23H20N4O4S. The smallest absolute Gasteiger partial charge is 0.290 e. The van der Waals surface area contributed by atoms with E-state index in [1.54, 1.807) is 56.6 Å². The van der Waals surface area contributed by atoms with Gasteiger partial charge in [-0.25, -0.2) is 18.1 Å². The summed E-state index contributed by atoms with van der Waals surface area (Å²) in [6, 6.07) is 13.9. The summed E-state index contributed by atoms with van der Waals surface area (Å²) in [5.41, 5.74) is 3.05. The van der Waals surface area contributed by atoms with Gasteiger partial charge in [0.25, 0.3) is 5.65 Å². The van der Waals surface area contributed by atoms with E-state index in [4.69, 9.17) is 4.74 Å². The molecule has 5 aromatic rings. The van der Waals surface area contributed by atoms with Crippen LogP contribution in [0.2, 0.25) is 0 Å². The Labute approximate surface area is 184 Å². The summed E-state index contributed by atoms with van der Waals surface area (Å²) in [4.78, 5) is 3.16. The normalized spacial score (nSPS) is 11.9. The van der Waals surface area contributed by atoms with Crippen LogP contribution in [0.5, 0.6) is 11.5 Å². The quantitative estimate of drug-likeness (QED) is 0.308. The molecule has 2 aromatic carbocycles. The molecule has 0 spiro atoms. The zero-order valence-electron chi connectivity index (χ0n) is 17.4. The predicted molar refractivity (Wildman–Crippen MR) is 121 cm³/mol. The van der Waals surface area contributed by atoms with Gasteiger partial charge in [0.2, 0.25) is 0 Å². The molecule has 2 N–H and O–H groups in total. The van der Waals surface area contributed by atoms with Gasteiger partial charge in [-0.1, -0.05) is 6.92 Å². The van der Waals surface area contributed by atoms with Gasteiger partial charge in [-0.2, -0.15) is 5.10 Å². The number of aryl methyl sites for hydroxylation is 1. The van der Waals surface area contributed by atoms with Gasteiger partial charge in [0.1, 0.15) is 17.2 Å². The van der Waals surface area contributed by atoms with Gasteiger partial charge in [0.05, 0.1) is 33.9 Å². The Morgan fingerprint density at radius 1 is 1.09 bits per heavy atom. The first kappa shape index (κ1) is 20.1. The van der Waals surface area contributed by atoms with Crippen LogP contribution in [-0.4, -0.2) is 29.4 Å². The van der Waals surface area contributed by atoms with Crippen molar-refractivity contribution in [1.82, 2.24) is 15.2 Å². The van der Waals surface area contributed by atoms with Gasteiger partial charge in [0.15, 0.2) is 9.84 Å². The number of aromatic nitrogens is 4. The minimum absolute atomic E-state index is 0.0161. The fourth-order valence-corrected chi connectivity index (χ4v) is 4.68. The average molecular weight is 449 g/mol. The summed E-state index contributed by atoms with van der Waals surface area (Å²) in [5.74, 6) is 1.05. The first-order chi connectivity index (χ1) is 15.4. The average Bonchev–Trinajstić information content (AvgIpc) is 3.46. The van der Waals surface area contributed by atoms with Crippen LogP contribution in [0.1, 0.15) is 12.6 Å². The van der Waals surface area contributed by atoms with Gasteiger partial charge in [-0.15, -0.1) is 0 Å². The zero-order chi connectivity index (χ0) is 22.5. The Kier molecular flexibility index (Phi) is 4.63. The minimum Gasteiger partial charge on any atom is -0.710 e. The topological polar surface area (TPSA) is 115 Å². The van der Waals surface area contributed by atoms with Crippen LogP contribution in [0, 0.1) is 12.1 Å². The van der Waals surface area contributed by atoms with E-state index in [0.717, 1.165) is 15.6 Å². The number of fused-ring (bicyclic) bond motifs is 2. The summed E-state index contributed by atoms with van der Waals surface area (Å²) in [7, 11) is -3.44. The van der Waals surface area contributed by atoms with E-state index in [0.29, 0.717) is 39.4 Å². The third-order valence-corrected chi connectivity index (χ3v) is 7.24. The lowest BCUT2D eigenvalue weighted by Gasteiger charge is -2.16. The number of nitrogens with zero attached hydrogens (tertiary/aromatic N) is 2. The number of H-pyrrole nitrogens is 2. The van der Waals surface area contributed by atoms with E-state index in [-0.39, 0.29) is 10.6 Å². The summed E-state index contributed by atoms with van der Waals surface area (Å²) in [6.07, 6.45) is 3.39. The van der Waals surface area contributed by atoms with E-state index in [2.05, 4.69) is 15.2 Å². The predicted octanol–water partition coefficient (Wildman–Crippen LogP) is 4.24. The third kappa shape index (κ3) is 3.27.